The molecular formula is C22H34IN7O. The maximum Gasteiger partial charge on any atom is 0.191 e. The Morgan fingerprint density at radius 2 is 2.16 bits per heavy atom. The topological polar surface area (TPSA) is 79.6 Å². The molecule has 0 saturated carbocycles. The Labute approximate surface area is 201 Å². The molecule has 170 valence electrons. The summed E-state index contributed by atoms with van der Waals surface area (Å²) < 4.78 is 7.16. The van der Waals surface area contributed by atoms with Crippen LogP contribution in [-0.2, 0) is 30.7 Å². The van der Waals surface area contributed by atoms with Gasteiger partial charge in [0.15, 0.2) is 11.8 Å². The number of aliphatic imine (C=N–C) groups is 1. The zero-order chi connectivity index (χ0) is 20.9. The molecule has 8 nitrogen and oxygen atoms in total. The van der Waals surface area contributed by atoms with Crippen LogP contribution in [0.25, 0.3) is 0 Å². The molecule has 0 spiro atoms. The number of ether oxygens (including phenoxy) is 1. The summed E-state index contributed by atoms with van der Waals surface area (Å²) >= 11 is 0. The summed E-state index contributed by atoms with van der Waals surface area (Å²) in [4.78, 5) is 11.9. The Hall–Kier alpha value is -1.88. The molecule has 3 heterocycles. The monoisotopic (exact) mass is 539 g/mol. The van der Waals surface area contributed by atoms with Crippen LogP contribution in [0.1, 0.15) is 37.5 Å². The quantitative estimate of drug-likeness (QED) is 0.320. The van der Waals surface area contributed by atoms with Crippen LogP contribution >= 0.6 is 24.0 Å². The van der Waals surface area contributed by atoms with Crippen molar-refractivity contribution in [1.82, 2.24) is 25.4 Å². The lowest BCUT2D eigenvalue weighted by Crippen LogP contribution is -2.47. The number of aryl methyl sites for hydroxylation is 1. The number of fused-ring (bicyclic) bond motifs is 2. The van der Waals surface area contributed by atoms with Gasteiger partial charge in [0.2, 0.25) is 0 Å². The Bertz CT molecular complexity index is 884. The lowest BCUT2D eigenvalue weighted by Gasteiger charge is -2.28. The van der Waals surface area contributed by atoms with Gasteiger partial charge in [-0.25, -0.2) is 9.67 Å². The van der Waals surface area contributed by atoms with Crippen LogP contribution in [0, 0.1) is 0 Å². The van der Waals surface area contributed by atoms with Gasteiger partial charge in [0.25, 0.3) is 0 Å². The number of nitrogens with zero attached hydrogens (tertiary/aromatic N) is 5. The summed E-state index contributed by atoms with van der Waals surface area (Å²) in [6.45, 7) is 8.28. The van der Waals surface area contributed by atoms with E-state index in [1.54, 1.807) is 7.11 Å². The van der Waals surface area contributed by atoms with Crippen molar-refractivity contribution in [2.45, 2.75) is 58.3 Å². The number of hydrogen-bond acceptors (Lipinski definition) is 5. The lowest BCUT2D eigenvalue weighted by atomic mass is 10.1. The minimum absolute atomic E-state index is 0. The van der Waals surface area contributed by atoms with Gasteiger partial charge < -0.3 is 20.3 Å². The molecular weight excluding hydrogens is 505 g/mol. The zero-order valence-electron chi connectivity index (χ0n) is 18.7. The van der Waals surface area contributed by atoms with Crippen molar-refractivity contribution in [3.05, 3.63) is 41.5 Å². The standard InChI is InChI=1S/C22H33N7O.HI/c1-4-23-22(24-13-16(2)28-12-11-17-7-5-6-8-19(17)28)25-18-9-10-21-26-20(15-30-3)27-29(21)14-18;/h5-8,16,18H,4,9-15H2,1-3H3,(H2,23,24,25);1H. The third-order valence-corrected chi connectivity index (χ3v) is 5.83. The summed E-state index contributed by atoms with van der Waals surface area (Å²) in [7, 11) is 1.67. The van der Waals surface area contributed by atoms with Crippen LogP contribution in [0.4, 0.5) is 5.69 Å². The van der Waals surface area contributed by atoms with Crippen LogP contribution in [0.15, 0.2) is 29.3 Å². The number of guanidine groups is 1. The van der Waals surface area contributed by atoms with Crippen molar-refractivity contribution >= 4 is 35.6 Å². The minimum Gasteiger partial charge on any atom is -0.377 e. The predicted octanol–water partition coefficient (Wildman–Crippen LogP) is 2.36. The third-order valence-electron chi connectivity index (χ3n) is 5.83. The summed E-state index contributed by atoms with van der Waals surface area (Å²) in [6, 6.07) is 9.35. The molecule has 2 N–H and O–H groups in total. The molecule has 0 amide bonds. The number of anilines is 1. The van der Waals surface area contributed by atoms with Crippen molar-refractivity contribution in [2.75, 3.05) is 31.6 Å². The molecule has 2 unspecified atom stereocenters. The van der Waals surface area contributed by atoms with Crippen molar-refractivity contribution in [3.8, 4) is 0 Å². The number of rotatable bonds is 7. The van der Waals surface area contributed by atoms with Crippen LogP contribution in [0.2, 0.25) is 0 Å². The molecule has 0 saturated heterocycles. The van der Waals surface area contributed by atoms with Crippen molar-refractivity contribution in [1.29, 1.82) is 0 Å². The molecule has 1 aromatic heterocycles. The van der Waals surface area contributed by atoms with Crippen LogP contribution in [-0.4, -0.2) is 59.6 Å². The van der Waals surface area contributed by atoms with Gasteiger partial charge in [-0.05, 0) is 38.3 Å². The molecule has 4 rings (SSSR count). The average Bonchev–Trinajstić information content (AvgIpc) is 3.35. The lowest BCUT2D eigenvalue weighted by molar-refractivity contribution is 0.177. The van der Waals surface area contributed by atoms with E-state index in [0.717, 1.165) is 63.0 Å². The van der Waals surface area contributed by atoms with E-state index in [0.29, 0.717) is 12.6 Å². The van der Waals surface area contributed by atoms with Crippen molar-refractivity contribution < 1.29 is 4.74 Å². The number of nitrogens with one attached hydrogen (secondary N) is 2. The highest BCUT2D eigenvalue weighted by Crippen LogP contribution is 2.29. The van der Waals surface area contributed by atoms with Crippen LogP contribution in [0.3, 0.4) is 0 Å². The van der Waals surface area contributed by atoms with Gasteiger partial charge in [0.1, 0.15) is 12.4 Å². The highest BCUT2D eigenvalue weighted by molar-refractivity contribution is 14.0. The van der Waals surface area contributed by atoms with E-state index in [1.807, 2.05) is 4.68 Å². The van der Waals surface area contributed by atoms with E-state index in [-0.39, 0.29) is 30.0 Å². The first kappa shape index (κ1) is 23.8. The van der Waals surface area contributed by atoms with Gasteiger partial charge in [-0.1, -0.05) is 18.2 Å². The second kappa shape index (κ2) is 11.1. The number of benzene rings is 1. The number of methoxy groups -OCH3 is 1. The van der Waals surface area contributed by atoms with Gasteiger partial charge in [0, 0.05) is 44.4 Å². The Kier molecular flexibility index (Phi) is 8.53. The van der Waals surface area contributed by atoms with Gasteiger partial charge in [-0.3, -0.25) is 4.99 Å². The second-order valence-corrected chi connectivity index (χ2v) is 8.08. The summed E-state index contributed by atoms with van der Waals surface area (Å²) in [6.07, 6.45) is 3.05. The van der Waals surface area contributed by atoms with E-state index >= 15 is 0 Å². The fourth-order valence-electron chi connectivity index (χ4n) is 4.33. The molecule has 0 bridgehead atoms. The van der Waals surface area contributed by atoms with E-state index in [1.165, 1.54) is 11.3 Å². The fourth-order valence-corrected chi connectivity index (χ4v) is 4.33. The van der Waals surface area contributed by atoms with E-state index in [2.05, 4.69) is 63.7 Å². The van der Waals surface area contributed by atoms with E-state index < -0.39 is 0 Å². The normalized spacial score (nSPS) is 18.7. The molecule has 2 aromatic rings. The second-order valence-electron chi connectivity index (χ2n) is 8.08. The number of aromatic nitrogens is 3. The number of halogens is 1. The summed E-state index contributed by atoms with van der Waals surface area (Å²) in [5.74, 6) is 2.68. The molecule has 0 radical (unpaired) electrons. The molecule has 31 heavy (non-hydrogen) atoms. The molecule has 0 fully saturated rings. The number of hydrogen-bond donors (Lipinski definition) is 2. The largest absolute Gasteiger partial charge is 0.377 e. The summed E-state index contributed by atoms with van der Waals surface area (Å²) in [5.41, 5.74) is 2.80. The Morgan fingerprint density at radius 3 is 2.97 bits per heavy atom. The van der Waals surface area contributed by atoms with Gasteiger partial charge in [-0.15, -0.1) is 24.0 Å². The first-order valence-electron chi connectivity index (χ1n) is 11.0. The maximum atomic E-state index is 5.16. The predicted molar refractivity (Wildman–Crippen MR) is 134 cm³/mol. The van der Waals surface area contributed by atoms with Gasteiger partial charge in [-0.2, -0.15) is 5.10 Å². The van der Waals surface area contributed by atoms with Crippen LogP contribution in [0.5, 0.6) is 0 Å². The molecule has 2 atom stereocenters. The first-order valence-corrected chi connectivity index (χ1v) is 11.0. The molecule has 2 aliphatic heterocycles. The zero-order valence-corrected chi connectivity index (χ0v) is 21.0. The molecule has 1 aromatic carbocycles. The molecule has 2 aliphatic rings. The highest BCUT2D eigenvalue weighted by atomic mass is 127. The minimum atomic E-state index is 0. The SMILES string of the molecule is CCNC(=NCC(C)N1CCc2ccccc21)NC1CCc2nc(COC)nn2C1.I. The Morgan fingerprint density at radius 1 is 1.32 bits per heavy atom. The van der Waals surface area contributed by atoms with E-state index in [9.17, 15) is 0 Å². The number of para-hydroxylation sites is 1. The van der Waals surface area contributed by atoms with Crippen molar-refractivity contribution in [3.63, 3.8) is 0 Å². The maximum absolute atomic E-state index is 5.16. The van der Waals surface area contributed by atoms with E-state index in [4.69, 9.17) is 9.73 Å². The fraction of sp³-hybridized carbons (Fsp3) is 0.591. The smallest absolute Gasteiger partial charge is 0.191 e. The third kappa shape index (κ3) is 5.68. The Balaban J connectivity index is 0.00000272. The van der Waals surface area contributed by atoms with Gasteiger partial charge >= 0.3 is 0 Å². The highest BCUT2D eigenvalue weighted by Gasteiger charge is 2.24. The van der Waals surface area contributed by atoms with Crippen LogP contribution < -0.4 is 15.5 Å². The van der Waals surface area contributed by atoms with Crippen molar-refractivity contribution in [2.24, 2.45) is 4.99 Å². The molecule has 9 heteroatoms. The first-order chi connectivity index (χ1) is 14.7. The van der Waals surface area contributed by atoms with Gasteiger partial charge in [0.05, 0.1) is 13.1 Å². The molecule has 0 aliphatic carbocycles. The summed E-state index contributed by atoms with van der Waals surface area (Å²) in [5, 5.41) is 11.6. The average molecular weight is 539 g/mol.